The van der Waals surface area contributed by atoms with Crippen LogP contribution in [-0.4, -0.2) is 37.6 Å². The maximum absolute atomic E-state index is 12.2. The van der Waals surface area contributed by atoms with Gasteiger partial charge in [0.1, 0.15) is 0 Å². The van der Waals surface area contributed by atoms with E-state index in [1.165, 1.54) is 14.2 Å². The van der Waals surface area contributed by atoms with E-state index in [1.54, 1.807) is 29.5 Å². The van der Waals surface area contributed by atoms with Crippen molar-refractivity contribution in [3.05, 3.63) is 39.3 Å². The van der Waals surface area contributed by atoms with E-state index in [-0.39, 0.29) is 24.4 Å². The Morgan fingerprint density at radius 2 is 1.88 bits per heavy atom. The van der Waals surface area contributed by atoms with Crippen LogP contribution in [0.2, 0.25) is 0 Å². The number of hydrogen-bond donors (Lipinski definition) is 2. The van der Waals surface area contributed by atoms with Gasteiger partial charge >= 0.3 is 0 Å². The van der Waals surface area contributed by atoms with Crippen molar-refractivity contribution in [2.75, 3.05) is 20.8 Å². The van der Waals surface area contributed by atoms with Crippen molar-refractivity contribution in [1.82, 2.24) is 15.6 Å². The zero-order valence-electron chi connectivity index (χ0n) is 15.5. The van der Waals surface area contributed by atoms with Gasteiger partial charge in [0.05, 0.1) is 37.5 Å². The molecule has 8 heteroatoms. The highest BCUT2D eigenvalue weighted by atomic mass is 32.1. The quantitative estimate of drug-likeness (QED) is 0.773. The van der Waals surface area contributed by atoms with Gasteiger partial charge in [-0.25, -0.2) is 4.98 Å². The zero-order chi connectivity index (χ0) is 19.3. The molecular weight excluding hydrogens is 354 g/mol. The summed E-state index contributed by atoms with van der Waals surface area (Å²) in [6, 6.07) is 4.66. The van der Waals surface area contributed by atoms with Crippen LogP contribution in [0.5, 0.6) is 11.5 Å². The van der Waals surface area contributed by atoms with E-state index >= 15 is 0 Å². The average molecular weight is 377 g/mol. The molecular formula is C18H23N3O4S. The van der Waals surface area contributed by atoms with E-state index in [4.69, 9.17) is 9.47 Å². The van der Waals surface area contributed by atoms with E-state index in [1.807, 2.05) is 20.8 Å². The number of rotatable bonds is 7. The summed E-state index contributed by atoms with van der Waals surface area (Å²) in [4.78, 5) is 29.7. The monoisotopic (exact) mass is 377 g/mol. The molecule has 2 N–H and O–H groups in total. The van der Waals surface area contributed by atoms with Gasteiger partial charge in [0, 0.05) is 10.4 Å². The van der Waals surface area contributed by atoms with Crippen LogP contribution >= 0.6 is 11.3 Å². The fourth-order valence-electron chi connectivity index (χ4n) is 2.55. The number of nitrogens with one attached hydrogen (secondary N) is 2. The van der Waals surface area contributed by atoms with Crippen LogP contribution in [0.25, 0.3) is 0 Å². The molecule has 7 nitrogen and oxygen atoms in total. The first kappa shape index (κ1) is 19.7. The lowest BCUT2D eigenvalue weighted by atomic mass is 10.2. The molecule has 26 heavy (non-hydrogen) atoms. The molecule has 0 bridgehead atoms. The van der Waals surface area contributed by atoms with Crippen LogP contribution in [0, 0.1) is 13.8 Å². The van der Waals surface area contributed by atoms with Crippen molar-refractivity contribution >= 4 is 23.2 Å². The second-order valence-electron chi connectivity index (χ2n) is 5.72. The summed E-state index contributed by atoms with van der Waals surface area (Å²) in [6.07, 6.45) is 0. The Morgan fingerprint density at radius 1 is 1.19 bits per heavy atom. The highest BCUT2D eigenvalue weighted by Gasteiger charge is 2.16. The number of nitrogens with zero attached hydrogens (tertiary/aromatic N) is 1. The van der Waals surface area contributed by atoms with Gasteiger partial charge in [-0.15, -0.1) is 11.3 Å². The predicted molar refractivity (Wildman–Crippen MR) is 100 cm³/mol. The lowest BCUT2D eigenvalue weighted by Crippen LogP contribution is -2.38. The number of carbonyl (C=O) groups is 2. The number of hydrogen-bond acceptors (Lipinski definition) is 6. The number of benzene rings is 1. The molecule has 0 aliphatic rings. The maximum atomic E-state index is 12.2. The number of ether oxygens (including phenoxy) is 2. The summed E-state index contributed by atoms with van der Waals surface area (Å²) < 4.78 is 10.3. The minimum atomic E-state index is -0.362. The molecule has 0 fully saturated rings. The smallest absolute Gasteiger partial charge is 0.251 e. The third kappa shape index (κ3) is 4.72. The van der Waals surface area contributed by atoms with Crippen molar-refractivity contribution in [2.24, 2.45) is 0 Å². The highest BCUT2D eigenvalue weighted by molar-refractivity contribution is 7.11. The van der Waals surface area contributed by atoms with Crippen LogP contribution in [0.4, 0.5) is 0 Å². The second-order valence-corrected chi connectivity index (χ2v) is 6.96. The molecule has 0 unspecified atom stereocenters. The fourth-order valence-corrected chi connectivity index (χ4v) is 3.48. The van der Waals surface area contributed by atoms with Gasteiger partial charge in [-0.2, -0.15) is 0 Å². The van der Waals surface area contributed by atoms with E-state index in [2.05, 4.69) is 15.6 Å². The van der Waals surface area contributed by atoms with Gasteiger partial charge in [-0.3, -0.25) is 9.59 Å². The van der Waals surface area contributed by atoms with Crippen LogP contribution in [0.1, 0.15) is 38.9 Å². The van der Waals surface area contributed by atoms with E-state index in [0.717, 1.165) is 15.6 Å². The molecule has 0 spiro atoms. The van der Waals surface area contributed by atoms with Gasteiger partial charge in [0.2, 0.25) is 5.91 Å². The van der Waals surface area contributed by atoms with Crippen molar-refractivity contribution in [1.29, 1.82) is 0 Å². The molecule has 0 saturated carbocycles. The molecule has 0 aliphatic heterocycles. The first-order chi connectivity index (χ1) is 12.3. The first-order valence-corrected chi connectivity index (χ1v) is 8.90. The van der Waals surface area contributed by atoms with Crippen molar-refractivity contribution in [3.63, 3.8) is 0 Å². The van der Waals surface area contributed by atoms with Gasteiger partial charge in [-0.05, 0) is 39.0 Å². The van der Waals surface area contributed by atoms with E-state index < -0.39 is 0 Å². The van der Waals surface area contributed by atoms with Gasteiger partial charge in [0.25, 0.3) is 5.91 Å². The van der Waals surface area contributed by atoms with Crippen molar-refractivity contribution in [3.8, 4) is 11.5 Å². The zero-order valence-corrected chi connectivity index (χ0v) is 16.3. The summed E-state index contributed by atoms with van der Waals surface area (Å²) in [5.74, 6) is 0.357. The summed E-state index contributed by atoms with van der Waals surface area (Å²) >= 11 is 1.55. The average Bonchev–Trinajstić information content (AvgIpc) is 2.97. The molecule has 0 aliphatic carbocycles. The topological polar surface area (TPSA) is 89.5 Å². The number of aryl methyl sites for hydroxylation is 2. The molecule has 1 aromatic carbocycles. The van der Waals surface area contributed by atoms with Gasteiger partial charge in [-0.1, -0.05) is 0 Å². The SMILES string of the molecule is COc1ccc(C(=O)NCC(=O)N[C@H](C)c2sc(C)nc2C)cc1OC. The molecule has 140 valence electrons. The van der Waals surface area contributed by atoms with Crippen LogP contribution in [0.3, 0.4) is 0 Å². The minimum Gasteiger partial charge on any atom is -0.493 e. The Kier molecular flexibility index (Phi) is 6.57. The standard InChI is InChI=1S/C18H23N3O4S/c1-10-17(26-12(3)20-10)11(2)21-16(22)9-19-18(23)13-6-7-14(24-4)15(8-13)25-5/h6-8,11H,9H2,1-5H3,(H,19,23)(H,21,22)/t11-/m1/s1. The Hall–Kier alpha value is -2.61. The molecule has 1 heterocycles. The Bertz CT molecular complexity index is 804. The molecule has 2 amide bonds. The van der Waals surface area contributed by atoms with Crippen molar-refractivity contribution < 1.29 is 19.1 Å². The molecule has 2 aromatic rings. The molecule has 2 rings (SSSR count). The van der Waals surface area contributed by atoms with Crippen LogP contribution < -0.4 is 20.1 Å². The normalized spacial score (nSPS) is 11.6. The lowest BCUT2D eigenvalue weighted by molar-refractivity contribution is -0.120. The molecule has 1 atom stereocenters. The number of thiazole rings is 1. The van der Waals surface area contributed by atoms with Gasteiger partial charge < -0.3 is 20.1 Å². The molecule has 0 saturated heterocycles. The Morgan fingerprint density at radius 3 is 2.46 bits per heavy atom. The minimum absolute atomic E-state index is 0.117. The van der Waals surface area contributed by atoms with Gasteiger partial charge in [0.15, 0.2) is 11.5 Å². The second kappa shape index (κ2) is 8.66. The first-order valence-electron chi connectivity index (χ1n) is 8.09. The third-order valence-corrected chi connectivity index (χ3v) is 5.02. The number of methoxy groups -OCH3 is 2. The summed E-state index contributed by atoms with van der Waals surface area (Å²) in [7, 11) is 3.02. The van der Waals surface area contributed by atoms with Crippen molar-refractivity contribution in [2.45, 2.75) is 26.8 Å². The molecule has 0 radical (unpaired) electrons. The highest BCUT2D eigenvalue weighted by Crippen LogP contribution is 2.27. The Balaban J connectivity index is 1.92. The predicted octanol–water partition coefficient (Wildman–Crippen LogP) is 2.38. The van der Waals surface area contributed by atoms with Crippen LogP contribution in [-0.2, 0) is 4.79 Å². The number of aromatic nitrogens is 1. The number of carbonyl (C=O) groups excluding carboxylic acids is 2. The van der Waals surface area contributed by atoms with Crippen LogP contribution in [0.15, 0.2) is 18.2 Å². The molecule has 1 aromatic heterocycles. The largest absolute Gasteiger partial charge is 0.493 e. The van der Waals surface area contributed by atoms with E-state index in [0.29, 0.717) is 17.1 Å². The summed E-state index contributed by atoms with van der Waals surface area (Å²) in [5, 5.41) is 6.43. The fraction of sp³-hybridized carbons (Fsp3) is 0.389. The van der Waals surface area contributed by atoms with E-state index in [9.17, 15) is 9.59 Å². The summed E-state index contributed by atoms with van der Waals surface area (Å²) in [6.45, 7) is 5.63. The summed E-state index contributed by atoms with van der Waals surface area (Å²) in [5.41, 5.74) is 1.30. The lowest BCUT2D eigenvalue weighted by Gasteiger charge is -2.14. The third-order valence-electron chi connectivity index (χ3n) is 3.77. The Labute approximate surface area is 156 Å². The number of amides is 2. The maximum Gasteiger partial charge on any atom is 0.251 e.